The van der Waals surface area contributed by atoms with Gasteiger partial charge in [-0.15, -0.1) is 0 Å². The highest BCUT2D eigenvalue weighted by Crippen LogP contribution is 2.13. The van der Waals surface area contributed by atoms with E-state index in [0.717, 1.165) is 11.1 Å². The molecule has 2 amide bonds. The molecule has 2 aromatic carbocycles. The van der Waals surface area contributed by atoms with Gasteiger partial charge in [-0.3, -0.25) is 9.59 Å². The molecule has 0 aliphatic heterocycles. The predicted octanol–water partition coefficient (Wildman–Crippen LogP) is 3.05. The monoisotopic (exact) mass is 341 g/mol. The van der Waals surface area contributed by atoms with Crippen LogP contribution in [0.3, 0.4) is 0 Å². The molecular weight excluding hydrogens is 326 g/mol. The van der Waals surface area contributed by atoms with Gasteiger partial charge in [-0.2, -0.15) is 5.26 Å². The molecule has 2 rings (SSSR count). The molecule has 0 aromatic heterocycles. The van der Waals surface area contributed by atoms with Gasteiger partial charge in [0.15, 0.2) is 0 Å². The van der Waals surface area contributed by atoms with Crippen molar-refractivity contribution in [2.24, 2.45) is 0 Å². The van der Waals surface area contributed by atoms with E-state index in [9.17, 15) is 9.59 Å². The zero-order chi connectivity index (χ0) is 17.4. The van der Waals surface area contributed by atoms with Crippen molar-refractivity contribution in [2.75, 3.05) is 5.32 Å². The second-order valence-electron chi connectivity index (χ2n) is 5.16. The van der Waals surface area contributed by atoms with Crippen LogP contribution < -0.4 is 10.6 Å². The van der Waals surface area contributed by atoms with E-state index < -0.39 is 0 Å². The van der Waals surface area contributed by atoms with Crippen molar-refractivity contribution in [3.8, 4) is 6.07 Å². The highest BCUT2D eigenvalue weighted by atomic mass is 35.5. The van der Waals surface area contributed by atoms with E-state index in [4.69, 9.17) is 16.9 Å². The summed E-state index contributed by atoms with van der Waals surface area (Å²) in [5, 5.41) is 14.5. The largest absolute Gasteiger partial charge is 0.351 e. The van der Waals surface area contributed by atoms with Crippen LogP contribution in [0, 0.1) is 11.3 Å². The first-order valence-corrected chi connectivity index (χ1v) is 7.71. The number of hydrogen-bond donors (Lipinski definition) is 2. The molecule has 2 N–H and O–H groups in total. The third-order valence-electron chi connectivity index (χ3n) is 3.22. The molecule has 0 aliphatic carbocycles. The summed E-state index contributed by atoms with van der Waals surface area (Å²) in [6.45, 7) is 0.307. The summed E-state index contributed by atoms with van der Waals surface area (Å²) in [6.07, 6.45) is 0.0812. The minimum absolute atomic E-state index is 0.136. The number of hydrogen-bond acceptors (Lipinski definition) is 3. The average molecular weight is 342 g/mol. The van der Waals surface area contributed by atoms with Crippen molar-refractivity contribution in [1.82, 2.24) is 5.32 Å². The van der Waals surface area contributed by atoms with Crippen LogP contribution in [0.15, 0.2) is 48.5 Å². The fraction of sp³-hybridized carbons (Fsp3) is 0.167. The Morgan fingerprint density at radius 1 is 1.04 bits per heavy atom. The molecule has 0 bridgehead atoms. The first-order chi connectivity index (χ1) is 11.6. The SMILES string of the molecule is N#CCC(=O)NCc1cccc(NC(=O)Cc2ccc(Cl)cc2)c1. The molecule has 122 valence electrons. The Bertz CT molecular complexity index is 767. The number of rotatable bonds is 6. The van der Waals surface area contributed by atoms with Gasteiger partial charge in [0.1, 0.15) is 6.42 Å². The first kappa shape index (κ1) is 17.5. The number of amides is 2. The van der Waals surface area contributed by atoms with E-state index in [2.05, 4.69) is 10.6 Å². The molecule has 6 heteroatoms. The highest BCUT2D eigenvalue weighted by Gasteiger charge is 2.06. The van der Waals surface area contributed by atoms with Crippen molar-refractivity contribution in [3.05, 3.63) is 64.7 Å². The average Bonchev–Trinajstić information content (AvgIpc) is 2.56. The summed E-state index contributed by atoms with van der Waals surface area (Å²) < 4.78 is 0. The number of nitrogens with one attached hydrogen (secondary N) is 2. The second kappa shape index (κ2) is 8.70. The van der Waals surface area contributed by atoms with E-state index in [0.29, 0.717) is 17.3 Å². The Hall–Kier alpha value is -2.84. The summed E-state index contributed by atoms with van der Waals surface area (Å²) in [7, 11) is 0. The number of benzene rings is 2. The summed E-state index contributed by atoms with van der Waals surface area (Å²) in [4.78, 5) is 23.4. The molecule has 0 atom stereocenters. The summed E-state index contributed by atoms with van der Waals surface area (Å²) >= 11 is 5.82. The Morgan fingerprint density at radius 2 is 1.79 bits per heavy atom. The van der Waals surface area contributed by atoms with Crippen LogP contribution >= 0.6 is 11.6 Å². The lowest BCUT2D eigenvalue weighted by Crippen LogP contribution is -2.22. The van der Waals surface area contributed by atoms with Gasteiger partial charge in [0.25, 0.3) is 0 Å². The molecule has 0 aliphatic rings. The van der Waals surface area contributed by atoms with Crippen molar-refractivity contribution >= 4 is 29.1 Å². The van der Waals surface area contributed by atoms with Gasteiger partial charge in [0.2, 0.25) is 11.8 Å². The zero-order valence-electron chi connectivity index (χ0n) is 12.9. The quantitative estimate of drug-likeness (QED) is 0.847. The van der Waals surface area contributed by atoms with Crippen LogP contribution in [0.5, 0.6) is 0 Å². The van der Waals surface area contributed by atoms with Crippen molar-refractivity contribution in [3.63, 3.8) is 0 Å². The van der Waals surface area contributed by atoms with Crippen molar-refractivity contribution in [1.29, 1.82) is 5.26 Å². The number of nitriles is 1. The molecule has 0 fully saturated rings. The van der Waals surface area contributed by atoms with Crippen molar-refractivity contribution < 1.29 is 9.59 Å². The second-order valence-corrected chi connectivity index (χ2v) is 5.60. The molecule has 0 heterocycles. The minimum atomic E-state index is -0.324. The Morgan fingerprint density at radius 3 is 2.50 bits per heavy atom. The third kappa shape index (κ3) is 5.75. The predicted molar refractivity (Wildman–Crippen MR) is 92.3 cm³/mol. The van der Waals surface area contributed by atoms with Gasteiger partial charge in [0, 0.05) is 17.3 Å². The zero-order valence-corrected chi connectivity index (χ0v) is 13.6. The van der Waals surface area contributed by atoms with E-state index in [1.807, 2.05) is 18.2 Å². The van der Waals surface area contributed by atoms with E-state index >= 15 is 0 Å². The summed E-state index contributed by atoms with van der Waals surface area (Å²) in [5.41, 5.74) is 2.36. The molecular formula is C18H16ClN3O2. The van der Waals surface area contributed by atoms with E-state index in [-0.39, 0.29) is 24.7 Å². The van der Waals surface area contributed by atoms with Crippen molar-refractivity contribution in [2.45, 2.75) is 19.4 Å². The summed E-state index contributed by atoms with van der Waals surface area (Å²) in [5.74, 6) is -0.460. The molecule has 2 aromatic rings. The maximum Gasteiger partial charge on any atom is 0.234 e. The molecule has 0 saturated carbocycles. The maximum absolute atomic E-state index is 12.1. The molecule has 0 unspecified atom stereocenters. The van der Waals surface area contributed by atoms with Crippen LogP contribution in [0.2, 0.25) is 5.02 Å². The lowest BCUT2D eigenvalue weighted by molar-refractivity contribution is -0.120. The Labute approximate surface area is 145 Å². The topological polar surface area (TPSA) is 82.0 Å². The normalized spacial score (nSPS) is 9.83. The molecule has 24 heavy (non-hydrogen) atoms. The fourth-order valence-corrected chi connectivity index (χ4v) is 2.21. The van der Waals surface area contributed by atoms with Crippen LogP contribution in [0.1, 0.15) is 17.5 Å². The lowest BCUT2D eigenvalue weighted by atomic mass is 10.1. The fourth-order valence-electron chi connectivity index (χ4n) is 2.09. The van der Waals surface area contributed by atoms with Gasteiger partial charge in [-0.05, 0) is 35.4 Å². The molecule has 5 nitrogen and oxygen atoms in total. The van der Waals surface area contributed by atoms with Crippen LogP contribution in [-0.4, -0.2) is 11.8 Å². The Kier molecular flexibility index (Phi) is 6.35. The van der Waals surface area contributed by atoms with E-state index in [1.54, 1.807) is 36.4 Å². The molecule has 0 spiro atoms. The Balaban J connectivity index is 1.91. The third-order valence-corrected chi connectivity index (χ3v) is 3.47. The number of carbonyl (C=O) groups is 2. The number of carbonyl (C=O) groups excluding carboxylic acids is 2. The van der Waals surface area contributed by atoms with Gasteiger partial charge < -0.3 is 10.6 Å². The number of anilines is 1. The molecule has 0 radical (unpaired) electrons. The van der Waals surface area contributed by atoms with Gasteiger partial charge >= 0.3 is 0 Å². The summed E-state index contributed by atoms with van der Waals surface area (Å²) in [6, 6.07) is 16.1. The molecule has 0 saturated heterocycles. The first-order valence-electron chi connectivity index (χ1n) is 7.33. The van der Waals surface area contributed by atoms with E-state index in [1.165, 1.54) is 0 Å². The van der Waals surface area contributed by atoms with Crippen LogP contribution in [0.4, 0.5) is 5.69 Å². The number of nitrogens with zero attached hydrogens (tertiary/aromatic N) is 1. The standard InChI is InChI=1S/C18H16ClN3O2/c19-15-6-4-13(5-7-15)11-18(24)22-16-3-1-2-14(10-16)12-21-17(23)8-9-20/h1-7,10H,8,11-12H2,(H,21,23)(H,22,24). The maximum atomic E-state index is 12.1. The lowest BCUT2D eigenvalue weighted by Gasteiger charge is -2.08. The highest BCUT2D eigenvalue weighted by molar-refractivity contribution is 6.30. The van der Waals surface area contributed by atoms with Crippen LogP contribution in [-0.2, 0) is 22.6 Å². The van der Waals surface area contributed by atoms with Gasteiger partial charge in [-0.25, -0.2) is 0 Å². The van der Waals surface area contributed by atoms with Gasteiger partial charge in [0.05, 0.1) is 12.5 Å². The van der Waals surface area contributed by atoms with Crippen LogP contribution in [0.25, 0.3) is 0 Å². The van der Waals surface area contributed by atoms with Gasteiger partial charge in [-0.1, -0.05) is 35.9 Å². The smallest absolute Gasteiger partial charge is 0.234 e. The number of halogens is 1. The minimum Gasteiger partial charge on any atom is -0.351 e.